The molecule has 1 atom stereocenters. The van der Waals surface area contributed by atoms with Gasteiger partial charge in [-0.15, -0.1) is 0 Å². The molecule has 0 radical (unpaired) electrons. The maximum atomic E-state index is 12.3. The number of pyridine rings is 1. The second-order valence-electron chi connectivity index (χ2n) is 8.37. The minimum atomic E-state index is -0.551. The molecule has 0 saturated carbocycles. The van der Waals surface area contributed by atoms with Crippen molar-refractivity contribution in [3.63, 3.8) is 0 Å². The Balaban J connectivity index is 1.71. The molecule has 7 nitrogen and oxygen atoms in total. The van der Waals surface area contributed by atoms with Gasteiger partial charge in [-0.1, -0.05) is 37.3 Å². The van der Waals surface area contributed by atoms with Crippen molar-refractivity contribution in [1.82, 2.24) is 9.61 Å². The molecule has 1 aliphatic heterocycles. The van der Waals surface area contributed by atoms with Gasteiger partial charge in [0.05, 0.1) is 30.1 Å². The Labute approximate surface area is 181 Å². The van der Waals surface area contributed by atoms with Gasteiger partial charge in [0.15, 0.2) is 5.69 Å². The van der Waals surface area contributed by atoms with E-state index in [1.165, 1.54) is 19.6 Å². The number of hydrogen-bond acceptors (Lipinski definition) is 6. The number of ether oxygens (including phenoxy) is 2. The molecule has 1 aromatic carbocycles. The van der Waals surface area contributed by atoms with E-state index in [1.54, 1.807) is 4.52 Å². The van der Waals surface area contributed by atoms with Gasteiger partial charge in [0.1, 0.15) is 6.61 Å². The second kappa shape index (κ2) is 8.06. The molecule has 3 heterocycles. The Kier molecular flexibility index (Phi) is 5.43. The van der Waals surface area contributed by atoms with Gasteiger partial charge < -0.3 is 14.4 Å². The lowest BCUT2D eigenvalue weighted by atomic mass is 9.82. The normalized spacial score (nSPS) is 18.4. The van der Waals surface area contributed by atoms with E-state index in [-0.39, 0.29) is 17.7 Å². The highest BCUT2D eigenvalue weighted by atomic mass is 16.5. The number of esters is 2. The average Bonchev–Trinajstić information content (AvgIpc) is 3.34. The van der Waals surface area contributed by atoms with Crippen molar-refractivity contribution >= 4 is 23.1 Å². The Morgan fingerprint density at radius 2 is 1.97 bits per heavy atom. The van der Waals surface area contributed by atoms with Crippen molar-refractivity contribution in [2.75, 3.05) is 25.1 Å². The summed E-state index contributed by atoms with van der Waals surface area (Å²) in [5.74, 6) is -0.966. The van der Waals surface area contributed by atoms with Crippen LogP contribution in [0.5, 0.6) is 0 Å². The molecule has 0 unspecified atom stereocenters. The molecule has 0 aliphatic carbocycles. The van der Waals surface area contributed by atoms with E-state index < -0.39 is 11.9 Å². The number of carbonyl (C=O) groups excluding carboxylic acids is 2. The third-order valence-electron chi connectivity index (χ3n) is 6.11. The molecule has 1 saturated heterocycles. The number of rotatable bonds is 5. The molecule has 0 bridgehead atoms. The molecule has 1 fully saturated rings. The van der Waals surface area contributed by atoms with Gasteiger partial charge in [-0.05, 0) is 30.5 Å². The maximum absolute atomic E-state index is 12.3. The number of aromatic nitrogens is 2. The van der Waals surface area contributed by atoms with Crippen molar-refractivity contribution in [2.45, 2.75) is 39.2 Å². The SMILES string of the molecule is COC(=O)c1nn2cc(N3CC[C@](C)(c4ccccc4)C3)cc(C)c2c1COC(C)=O. The lowest BCUT2D eigenvalue weighted by Gasteiger charge is -2.26. The number of methoxy groups -OCH3 is 1. The molecule has 4 rings (SSSR count). The van der Waals surface area contributed by atoms with Crippen LogP contribution in [0, 0.1) is 6.92 Å². The average molecular weight is 421 g/mol. The Morgan fingerprint density at radius 3 is 2.65 bits per heavy atom. The summed E-state index contributed by atoms with van der Waals surface area (Å²) < 4.78 is 11.8. The third kappa shape index (κ3) is 3.87. The lowest BCUT2D eigenvalue weighted by molar-refractivity contribution is -0.142. The van der Waals surface area contributed by atoms with E-state index in [2.05, 4.69) is 47.3 Å². The monoisotopic (exact) mass is 421 g/mol. The number of aryl methyl sites for hydroxylation is 1. The first-order chi connectivity index (χ1) is 14.8. The van der Waals surface area contributed by atoms with Crippen molar-refractivity contribution in [2.24, 2.45) is 0 Å². The Morgan fingerprint density at radius 1 is 1.23 bits per heavy atom. The summed E-state index contributed by atoms with van der Waals surface area (Å²) in [4.78, 5) is 26.0. The topological polar surface area (TPSA) is 73.1 Å². The van der Waals surface area contributed by atoms with Gasteiger partial charge in [-0.25, -0.2) is 9.31 Å². The lowest BCUT2D eigenvalue weighted by Crippen LogP contribution is -2.28. The van der Waals surface area contributed by atoms with Crippen LogP contribution in [0.4, 0.5) is 5.69 Å². The molecule has 0 spiro atoms. The highest BCUT2D eigenvalue weighted by Crippen LogP contribution is 2.37. The quantitative estimate of drug-likeness (QED) is 0.586. The summed E-state index contributed by atoms with van der Waals surface area (Å²) in [5, 5.41) is 4.47. The van der Waals surface area contributed by atoms with Crippen LogP contribution in [0.3, 0.4) is 0 Å². The van der Waals surface area contributed by atoms with E-state index in [1.807, 2.05) is 19.2 Å². The molecular formula is C24H27N3O4. The minimum absolute atomic E-state index is 0.0285. The predicted molar refractivity (Wildman–Crippen MR) is 117 cm³/mol. The van der Waals surface area contributed by atoms with Crippen molar-refractivity contribution in [1.29, 1.82) is 0 Å². The van der Waals surface area contributed by atoms with Gasteiger partial charge in [-0.2, -0.15) is 5.10 Å². The van der Waals surface area contributed by atoms with Crippen LogP contribution >= 0.6 is 0 Å². The summed E-state index contributed by atoms with van der Waals surface area (Å²) >= 11 is 0. The Bertz CT molecular complexity index is 1140. The third-order valence-corrected chi connectivity index (χ3v) is 6.11. The highest BCUT2D eigenvalue weighted by molar-refractivity contribution is 5.92. The molecule has 1 aliphatic rings. The molecule has 2 aromatic heterocycles. The van der Waals surface area contributed by atoms with Crippen molar-refractivity contribution in [3.05, 3.63) is 65.0 Å². The number of hydrogen-bond donors (Lipinski definition) is 0. The zero-order chi connectivity index (χ0) is 22.2. The van der Waals surface area contributed by atoms with Gasteiger partial charge in [0.25, 0.3) is 0 Å². The largest absolute Gasteiger partial charge is 0.464 e. The highest BCUT2D eigenvalue weighted by Gasteiger charge is 2.35. The smallest absolute Gasteiger partial charge is 0.359 e. The summed E-state index contributed by atoms with van der Waals surface area (Å²) in [7, 11) is 1.31. The maximum Gasteiger partial charge on any atom is 0.359 e. The van der Waals surface area contributed by atoms with Gasteiger partial charge >= 0.3 is 11.9 Å². The number of benzene rings is 1. The first-order valence-electron chi connectivity index (χ1n) is 10.4. The second-order valence-corrected chi connectivity index (χ2v) is 8.37. The predicted octanol–water partition coefficient (Wildman–Crippen LogP) is 3.66. The Hall–Kier alpha value is -3.35. The minimum Gasteiger partial charge on any atom is -0.464 e. The standard InChI is InChI=1S/C24H27N3O4/c1-16-12-19(26-11-10-24(3,15-26)18-8-6-5-7-9-18)13-27-22(16)20(14-31-17(2)28)21(25-27)23(29)30-4/h5-9,12-13H,10-11,14-15H2,1-4H3/t24-/m0/s1. The zero-order valence-corrected chi connectivity index (χ0v) is 18.3. The number of nitrogens with zero attached hydrogens (tertiary/aromatic N) is 3. The number of carbonyl (C=O) groups is 2. The summed E-state index contributed by atoms with van der Waals surface area (Å²) in [6, 6.07) is 12.7. The van der Waals surface area contributed by atoms with Crippen LogP contribution in [-0.2, 0) is 26.3 Å². The molecule has 0 N–H and O–H groups in total. The van der Waals surface area contributed by atoms with Crippen LogP contribution in [0.1, 0.15) is 47.4 Å². The fourth-order valence-corrected chi connectivity index (χ4v) is 4.44. The first kappa shape index (κ1) is 20.9. The fraction of sp³-hybridized carbons (Fsp3) is 0.375. The van der Waals surface area contributed by atoms with E-state index >= 15 is 0 Å². The van der Waals surface area contributed by atoms with E-state index in [4.69, 9.17) is 9.47 Å². The van der Waals surface area contributed by atoms with E-state index in [9.17, 15) is 9.59 Å². The number of fused-ring (bicyclic) bond motifs is 1. The van der Waals surface area contributed by atoms with Crippen LogP contribution < -0.4 is 4.90 Å². The van der Waals surface area contributed by atoms with Gasteiger partial charge in [-0.3, -0.25) is 4.79 Å². The van der Waals surface area contributed by atoms with Crippen LogP contribution in [0.15, 0.2) is 42.6 Å². The summed E-state index contributed by atoms with van der Waals surface area (Å²) in [5.41, 5.74) is 4.90. The fourth-order valence-electron chi connectivity index (χ4n) is 4.44. The van der Waals surface area contributed by atoms with Crippen LogP contribution in [-0.4, -0.2) is 41.8 Å². The molecule has 7 heteroatoms. The molecule has 3 aromatic rings. The summed E-state index contributed by atoms with van der Waals surface area (Å²) in [6.45, 7) is 7.42. The molecular weight excluding hydrogens is 394 g/mol. The van der Waals surface area contributed by atoms with E-state index in [0.717, 1.165) is 36.3 Å². The zero-order valence-electron chi connectivity index (χ0n) is 18.3. The van der Waals surface area contributed by atoms with E-state index in [0.29, 0.717) is 5.56 Å². The van der Waals surface area contributed by atoms with Gasteiger partial charge in [0.2, 0.25) is 0 Å². The summed E-state index contributed by atoms with van der Waals surface area (Å²) in [6.07, 6.45) is 2.99. The van der Waals surface area contributed by atoms with Crippen molar-refractivity contribution in [3.8, 4) is 0 Å². The molecule has 162 valence electrons. The number of anilines is 1. The molecule has 31 heavy (non-hydrogen) atoms. The first-order valence-corrected chi connectivity index (χ1v) is 10.4. The molecule has 0 amide bonds. The van der Waals surface area contributed by atoms with Crippen LogP contribution in [0.2, 0.25) is 0 Å². The van der Waals surface area contributed by atoms with Gasteiger partial charge in [0, 0.05) is 25.4 Å². The van der Waals surface area contributed by atoms with Crippen molar-refractivity contribution < 1.29 is 19.1 Å². The van der Waals surface area contributed by atoms with Crippen LogP contribution in [0.25, 0.3) is 5.52 Å².